The number of nitrogens with one attached hydrogen (secondary N) is 4. The minimum Gasteiger partial charge on any atom is -0.447 e. The number of amides is 4. The van der Waals surface area contributed by atoms with Gasteiger partial charge in [-0.25, -0.2) is 14.5 Å². The predicted molar refractivity (Wildman–Crippen MR) is 179 cm³/mol. The zero-order chi connectivity index (χ0) is 40.4. The minimum atomic E-state index is -2.21. The van der Waals surface area contributed by atoms with E-state index in [4.69, 9.17) is 43.2 Å². The van der Waals surface area contributed by atoms with Gasteiger partial charge in [-0.1, -0.05) is 0 Å². The second-order valence-electron chi connectivity index (χ2n) is 11.9. The molecule has 1 aliphatic heterocycles. The lowest BCUT2D eigenvalue weighted by Crippen LogP contribution is -2.67. The van der Waals surface area contributed by atoms with Gasteiger partial charge in [0.05, 0.1) is 70.9 Å². The average molecular weight is 789 g/mol. The molecule has 1 saturated heterocycles. The van der Waals surface area contributed by atoms with E-state index in [0.717, 1.165) is 0 Å². The fourth-order valence-corrected chi connectivity index (χ4v) is 4.85. The summed E-state index contributed by atoms with van der Waals surface area (Å²) in [6.07, 6.45) is -9.16. The highest BCUT2D eigenvalue weighted by atomic mass is 17.1. The summed E-state index contributed by atoms with van der Waals surface area (Å²) in [6.45, 7) is 2.32. The van der Waals surface area contributed by atoms with Crippen LogP contribution in [0.15, 0.2) is 0 Å². The van der Waals surface area contributed by atoms with Gasteiger partial charge in [0.15, 0.2) is 0 Å². The molecule has 1 heterocycles. The highest BCUT2D eigenvalue weighted by Gasteiger charge is 2.53. The van der Waals surface area contributed by atoms with Gasteiger partial charge in [-0.05, 0) is 33.1 Å². The van der Waals surface area contributed by atoms with Crippen LogP contribution < -0.4 is 21.3 Å². The minimum absolute atomic E-state index is 0.00743. The molecule has 7 unspecified atom stereocenters. The molecule has 1 aliphatic rings. The standard InChI is InChI=1S/C31H56N4O19/c1-20(2)53-31(51-19-37)16-22(38)25(27(54-31)26(41)23(39)18-36)35-24(40)17-33-28(42)21(34-30(44)50-14-11-48-12-15-52-45)6-4-5-7-32-29(43)49-13-10-47-9-8-46-3/h19-23,25-27,36,38-39,41,45H,4-18H2,1-3H3,(H,32,43)(H,33,42)(H,34,44)(H,35,40). The van der Waals surface area contributed by atoms with Crippen molar-refractivity contribution in [2.24, 2.45) is 0 Å². The molecule has 4 amide bonds. The van der Waals surface area contributed by atoms with Gasteiger partial charge in [-0.3, -0.25) is 19.6 Å². The number of unbranched alkanes of at least 4 members (excludes halogenated alkanes) is 1. The molecule has 0 saturated carbocycles. The van der Waals surface area contributed by atoms with Crippen molar-refractivity contribution < 1.29 is 92.4 Å². The summed E-state index contributed by atoms with van der Waals surface area (Å²) < 4.78 is 41.3. The van der Waals surface area contributed by atoms with Gasteiger partial charge in [-0.2, -0.15) is 0 Å². The van der Waals surface area contributed by atoms with Crippen molar-refractivity contribution in [2.75, 3.05) is 79.7 Å². The van der Waals surface area contributed by atoms with Crippen LogP contribution in [0.1, 0.15) is 39.5 Å². The lowest BCUT2D eigenvalue weighted by molar-refractivity contribution is -0.417. The first-order valence-electron chi connectivity index (χ1n) is 17.3. The van der Waals surface area contributed by atoms with Crippen LogP contribution in [-0.2, 0) is 57.2 Å². The van der Waals surface area contributed by atoms with E-state index in [1.165, 1.54) is 7.11 Å². The molecule has 0 bridgehead atoms. The molecule has 54 heavy (non-hydrogen) atoms. The Morgan fingerprint density at radius 3 is 2.19 bits per heavy atom. The zero-order valence-electron chi connectivity index (χ0n) is 30.7. The number of methoxy groups -OCH3 is 1. The molecule has 0 aromatic carbocycles. The van der Waals surface area contributed by atoms with E-state index in [-0.39, 0.29) is 59.1 Å². The number of aliphatic hydroxyl groups excluding tert-OH is 4. The Morgan fingerprint density at radius 2 is 1.57 bits per heavy atom. The first kappa shape index (κ1) is 48.5. The highest BCUT2D eigenvalue weighted by Crippen LogP contribution is 2.34. The van der Waals surface area contributed by atoms with E-state index in [1.54, 1.807) is 13.8 Å². The van der Waals surface area contributed by atoms with Gasteiger partial charge < -0.3 is 79.6 Å². The smallest absolute Gasteiger partial charge is 0.407 e. The van der Waals surface area contributed by atoms with E-state index >= 15 is 0 Å². The van der Waals surface area contributed by atoms with Crippen LogP contribution in [-0.4, -0.2) is 184 Å². The number of hydrogen-bond acceptors (Lipinski definition) is 19. The van der Waals surface area contributed by atoms with Crippen molar-refractivity contribution in [1.29, 1.82) is 0 Å². The molecule has 23 nitrogen and oxygen atoms in total. The predicted octanol–water partition coefficient (Wildman–Crippen LogP) is -3.14. The zero-order valence-corrected chi connectivity index (χ0v) is 30.7. The fourth-order valence-electron chi connectivity index (χ4n) is 4.85. The monoisotopic (exact) mass is 788 g/mol. The van der Waals surface area contributed by atoms with Gasteiger partial charge in [0.1, 0.15) is 44.2 Å². The average Bonchev–Trinajstić information content (AvgIpc) is 3.13. The maximum absolute atomic E-state index is 13.2. The van der Waals surface area contributed by atoms with Gasteiger partial charge >= 0.3 is 18.2 Å². The Bertz CT molecular complexity index is 1090. The summed E-state index contributed by atoms with van der Waals surface area (Å²) >= 11 is 0. The van der Waals surface area contributed by atoms with Crippen LogP contribution in [0.2, 0.25) is 0 Å². The summed E-state index contributed by atoms with van der Waals surface area (Å²) in [5.41, 5.74) is 0. The number of carbonyl (C=O) groups is 5. The largest absolute Gasteiger partial charge is 0.447 e. The van der Waals surface area contributed by atoms with E-state index in [2.05, 4.69) is 26.2 Å². The lowest BCUT2D eigenvalue weighted by atomic mass is 9.91. The highest BCUT2D eigenvalue weighted by molar-refractivity contribution is 5.89. The van der Waals surface area contributed by atoms with E-state index < -0.39 is 92.1 Å². The van der Waals surface area contributed by atoms with E-state index in [0.29, 0.717) is 26.1 Å². The first-order chi connectivity index (χ1) is 25.8. The summed E-state index contributed by atoms with van der Waals surface area (Å²) in [7, 11) is 1.53. The molecule has 9 N–H and O–H groups in total. The molecule has 0 aliphatic carbocycles. The SMILES string of the molecule is COCCOCCOC(=O)NCCCCC(NC(=O)OCCOCCOO)C(=O)NCC(=O)NC1C(O)CC(OC=O)(OC(C)C)OC1C(O)C(O)CO. The van der Waals surface area contributed by atoms with E-state index in [1.807, 2.05) is 0 Å². The Hall–Kier alpha value is -3.49. The number of aliphatic hydroxyl groups is 4. The summed E-state index contributed by atoms with van der Waals surface area (Å²) in [5.74, 6) is -3.93. The molecule has 0 aromatic rings. The quantitative estimate of drug-likeness (QED) is 0.00903. The summed E-state index contributed by atoms with van der Waals surface area (Å²) in [6, 6.07) is -2.69. The summed E-state index contributed by atoms with van der Waals surface area (Å²) in [4.78, 5) is 65.6. The van der Waals surface area contributed by atoms with Crippen LogP contribution in [0.3, 0.4) is 0 Å². The number of ether oxygens (including phenoxy) is 8. The second kappa shape index (κ2) is 28.0. The van der Waals surface area contributed by atoms with Gasteiger partial charge in [0.25, 0.3) is 6.47 Å². The van der Waals surface area contributed by atoms with Crippen LogP contribution in [0.4, 0.5) is 9.59 Å². The van der Waals surface area contributed by atoms with Crippen molar-refractivity contribution in [3.05, 3.63) is 0 Å². The van der Waals surface area contributed by atoms with Crippen molar-refractivity contribution in [1.82, 2.24) is 21.3 Å². The van der Waals surface area contributed by atoms with Crippen LogP contribution in [0, 0.1) is 0 Å². The third-order valence-electron chi connectivity index (χ3n) is 7.32. The Kier molecular flexibility index (Phi) is 25.2. The number of hydrogen-bond donors (Lipinski definition) is 9. The third-order valence-corrected chi connectivity index (χ3v) is 7.32. The van der Waals surface area contributed by atoms with Gasteiger partial charge in [0.2, 0.25) is 11.8 Å². The Labute approximate surface area is 312 Å². The lowest BCUT2D eigenvalue weighted by Gasteiger charge is -2.47. The van der Waals surface area contributed by atoms with Crippen LogP contribution in [0.25, 0.3) is 0 Å². The molecule has 23 heteroatoms. The molecule has 1 fully saturated rings. The number of alkyl carbamates (subject to hydrolysis) is 2. The van der Waals surface area contributed by atoms with Crippen molar-refractivity contribution in [3.63, 3.8) is 0 Å². The molecular weight excluding hydrogens is 732 g/mol. The molecular formula is C31H56N4O19. The number of rotatable bonds is 29. The van der Waals surface area contributed by atoms with Crippen LogP contribution in [0.5, 0.6) is 0 Å². The van der Waals surface area contributed by atoms with Crippen molar-refractivity contribution >= 4 is 30.5 Å². The van der Waals surface area contributed by atoms with Crippen molar-refractivity contribution in [3.8, 4) is 0 Å². The first-order valence-corrected chi connectivity index (χ1v) is 17.3. The maximum atomic E-state index is 13.2. The topological polar surface area (TPSA) is 318 Å². The molecule has 7 atom stereocenters. The van der Waals surface area contributed by atoms with Crippen LogP contribution >= 0.6 is 0 Å². The molecule has 0 aromatic heterocycles. The maximum Gasteiger partial charge on any atom is 0.407 e. The Morgan fingerprint density at radius 1 is 0.926 bits per heavy atom. The molecule has 1 rings (SSSR count). The van der Waals surface area contributed by atoms with Crippen molar-refractivity contribution in [2.45, 2.75) is 88.1 Å². The molecule has 0 spiro atoms. The second-order valence-corrected chi connectivity index (χ2v) is 11.9. The molecule has 0 radical (unpaired) electrons. The van der Waals surface area contributed by atoms with Gasteiger partial charge in [0, 0.05) is 13.7 Å². The number of carbonyl (C=O) groups excluding carboxylic acids is 5. The fraction of sp³-hybridized carbons (Fsp3) is 0.839. The molecule has 314 valence electrons. The van der Waals surface area contributed by atoms with E-state index in [9.17, 15) is 44.4 Å². The van der Waals surface area contributed by atoms with Gasteiger partial charge in [-0.15, -0.1) is 0 Å². The normalized spacial score (nSPS) is 21.3. The Balaban J connectivity index is 2.85. The summed E-state index contributed by atoms with van der Waals surface area (Å²) in [5, 5.41) is 59.2. The third kappa shape index (κ3) is 19.7.